The Labute approximate surface area is 178 Å². The van der Waals surface area contributed by atoms with Crippen LogP contribution in [0.2, 0.25) is 0 Å². The predicted octanol–water partition coefficient (Wildman–Crippen LogP) is 0.365. The Kier molecular flexibility index (Phi) is 5.91. The molecule has 31 heavy (non-hydrogen) atoms. The molecule has 1 fully saturated rings. The SMILES string of the molecule is COc1c(Nc2cc(N)nnc2C(N)=O)cccc1-c1noc(CN2CCNCC2)n1. The molecule has 3 heterocycles. The molecule has 12 heteroatoms. The van der Waals surface area contributed by atoms with E-state index in [1.807, 2.05) is 6.07 Å². The Morgan fingerprint density at radius 2 is 2.10 bits per heavy atom. The van der Waals surface area contributed by atoms with Crippen molar-refractivity contribution in [2.75, 3.05) is 44.3 Å². The first-order valence-electron chi connectivity index (χ1n) is 9.68. The molecule has 12 nitrogen and oxygen atoms in total. The number of methoxy groups -OCH3 is 1. The molecule has 0 atom stereocenters. The van der Waals surface area contributed by atoms with E-state index < -0.39 is 5.91 Å². The summed E-state index contributed by atoms with van der Waals surface area (Å²) in [7, 11) is 1.53. The van der Waals surface area contributed by atoms with Gasteiger partial charge in [0.2, 0.25) is 11.7 Å². The Hall–Kier alpha value is -3.77. The van der Waals surface area contributed by atoms with Crippen molar-refractivity contribution in [3.05, 3.63) is 35.9 Å². The first kappa shape index (κ1) is 20.5. The highest BCUT2D eigenvalue weighted by atomic mass is 16.5. The van der Waals surface area contributed by atoms with Gasteiger partial charge in [-0.05, 0) is 12.1 Å². The van der Waals surface area contributed by atoms with Gasteiger partial charge in [-0.25, -0.2) is 0 Å². The molecule has 0 radical (unpaired) electrons. The zero-order valence-corrected chi connectivity index (χ0v) is 17.0. The van der Waals surface area contributed by atoms with Gasteiger partial charge in [-0.15, -0.1) is 10.2 Å². The fourth-order valence-corrected chi connectivity index (χ4v) is 3.35. The minimum Gasteiger partial charge on any atom is -0.494 e. The molecule has 1 aliphatic rings. The molecule has 4 rings (SSSR count). The maximum atomic E-state index is 11.7. The zero-order chi connectivity index (χ0) is 21.8. The summed E-state index contributed by atoms with van der Waals surface area (Å²) >= 11 is 0. The van der Waals surface area contributed by atoms with Crippen LogP contribution in [0.1, 0.15) is 16.4 Å². The summed E-state index contributed by atoms with van der Waals surface area (Å²) in [5.74, 6) is 0.787. The van der Waals surface area contributed by atoms with Crippen molar-refractivity contribution in [1.29, 1.82) is 0 Å². The number of ether oxygens (including phenoxy) is 1. The second-order valence-corrected chi connectivity index (χ2v) is 6.94. The zero-order valence-electron chi connectivity index (χ0n) is 17.0. The molecule has 3 aromatic rings. The van der Waals surface area contributed by atoms with Gasteiger partial charge >= 0.3 is 0 Å². The van der Waals surface area contributed by atoms with Gasteiger partial charge in [0.25, 0.3) is 5.91 Å². The lowest BCUT2D eigenvalue weighted by Crippen LogP contribution is -2.42. The van der Waals surface area contributed by atoms with Crippen LogP contribution in [-0.2, 0) is 6.54 Å². The largest absolute Gasteiger partial charge is 0.494 e. The number of carbonyl (C=O) groups is 1. The third-order valence-electron chi connectivity index (χ3n) is 4.81. The highest BCUT2D eigenvalue weighted by Crippen LogP contribution is 2.37. The number of hydrogen-bond donors (Lipinski definition) is 4. The first-order chi connectivity index (χ1) is 15.0. The van der Waals surface area contributed by atoms with E-state index in [-0.39, 0.29) is 11.5 Å². The number of nitrogens with zero attached hydrogens (tertiary/aromatic N) is 5. The van der Waals surface area contributed by atoms with Crippen LogP contribution in [0, 0.1) is 0 Å². The fraction of sp³-hybridized carbons (Fsp3) is 0.316. The number of primary amides is 1. The number of aromatic nitrogens is 4. The average Bonchev–Trinajstić information content (AvgIpc) is 3.22. The molecule has 0 spiro atoms. The lowest BCUT2D eigenvalue weighted by molar-refractivity contribution is 0.0995. The second-order valence-electron chi connectivity index (χ2n) is 6.94. The van der Waals surface area contributed by atoms with Gasteiger partial charge in [-0.1, -0.05) is 11.2 Å². The Morgan fingerprint density at radius 3 is 2.84 bits per heavy atom. The fourth-order valence-electron chi connectivity index (χ4n) is 3.35. The van der Waals surface area contributed by atoms with Crippen molar-refractivity contribution in [1.82, 2.24) is 30.6 Å². The van der Waals surface area contributed by atoms with Crippen LogP contribution in [0.25, 0.3) is 11.4 Å². The van der Waals surface area contributed by atoms with E-state index in [0.29, 0.717) is 40.9 Å². The molecule has 6 N–H and O–H groups in total. The van der Waals surface area contributed by atoms with E-state index in [4.69, 9.17) is 20.7 Å². The highest BCUT2D eigenvalue weighted by molar-refractivity contribution is 5.97. The van der Waals surface area contributed by atoms with Crippen LogP contribution < -0.4 is 26.8 Å². The summed E-state index contributed by atoms with van der Waals surface area (Å²) in [4.78, 5) is 18.5. The third kappa shape index (κ3) is 4.54. The molecule has 1 aliphatic heterocycles. The van der Waals surface area contributed by atoms with Crippen molar-refractivity contribution in [2.45, 2.75) is 6.54 Å². The van der Waals surface area contributed by atoms with Gasteiger partial charge in [0.15, 0.2) is 11.4 Å². The Balaban J connectivity index is 1.62. The summed E-state index contributed by atoms with van der Waals surface area (Å²) in [6.07, 6.45) is 0. The lowest BCUT2D eigenvalue weighted by atomic mass is 10.1. The molecule has 1 amide bonds. The molecule has 0 bridgehead atoms. The van der Waals surface area contributed by atoms with Gasteiger partial charge in [0.1, 0.15) is 5.82 Å². The van der Waals surface area contributed by atoms with Crippen molar-refractivity contribution in [3.63, 3.8) is 0 Å². The molecule has 0 aliphatic carbocycles. The van der Waals surface area contributed by atoms with Gasteiger partial charge in [0, 0.05) is 32.2 Å². The number of amides is 1. The van der Waals surface area contributed by atoms with Crippen molar-refractivity contribution >= 4 is 23.1 Å². The molecule has 1 aromatic carbocycles. The summed E-state index contributed by atoms with van der Waals surface area (Å²) in [5, 5.41) is 18.0. The highest BCUT2D eigenvalue weighted by Gasteiger charge is 2.20. The number of hydrogen-bond acceptors (Lipinski definition) is 11. The number of carbonyl (C=O) groups excluding carboxylic acids is 1. The monoisotopic (exact) mass is 425 g/mol. The summed E-state index contributed by atoms with van der Waals surface area (Å²) in [6.45, 7) is 4.30. The molecule has 0 saturated carbocycles. The van der Waals surface area contributed by atoms with Crippen molar-refractivity contribution in [2.24, 2.45) is 5.73 Å². The maximum absolute atomic E-state index is 11.7. The van der Waals surface area contributed by atoms with Crippen LogP contribution in [-0.4, -0.2) is 64.4 Å². The molecular weight excluding hydrogens is 402 g/mol. The van der Waals surface area contributed by atoms with E-state index in [1.165, 1.54) is 13.2 Å². The van der Waals surface area contributed by atoms with Crippen molar-refractivity contribution in [3.8, 4) is 17.1 Å². The third-order valence-corrected chi connectivity index (χ3v) is 4.81. The number of nitrogen functional groups attached to an aromatic ring is 1. The Bertz CT molecular complexity index is 1080. The number of piperazine rings is 1. The van der Waals surface area contributed by atoms with Crippen LogP contribution >= 0.6 is 0 Å². The predicted molar refractivity (Wildman–Crippen MR) is 113 cm³/mol. The molecule has 2 aromatic heterocycles. The Morgan fingerprint density at radius 1 is 1.29 bits per heavy atom. The summed E-state index contributed by atoms with van der Waals surface area (Å²) in [6, 6.07) is 6.86. The summed E-state index contributed by atoms with van der Waals surface area (Å²) < 4.78 is 11.1. The normalized spacial score (nSPS) is 14.4. The second kappa shape index (κ2) is 8.93. The maximum Gasteiger partial charge on any atom is 0.271 e. The number of para-hydroxylation sites is 1. The minimum absolute atomic E-state index is 0.0421. The van der Waals surface area contributed by atoms with Gasteiger partial charge in [0.05, 0.1) is 30.6 Å². The van der Waals surface area contributed by atoms with Crippen LogP contribution in [0.5, 0.6) is 5.75 Å². The van der Waals surface area contributed by atoms with E-state index in [9.17, 15) is 4.79 Å². The molecule has 162 valence electrons. The van der Waals surface area contributed by atoms with E-state index in [1.54, 1.807) is 12.1 Å². The lowest BCUT2D eigenvalue weighted by Gasteiger charge is -2.25. The van der Waals surface area contributed by atoms with E-state index in [0.717, 1.165) is 26.2 Å². The van der Waals surface area contributed by atoms with E-state index in [2.05, 4.69) is 35.9 Å². The standard InChI is InChI=1S/C19H23N9O3/c1-30-17-11(19-24-15(31-27-19)10-28-7-5-22-6-8-28)3-2-4-12(17)23-13-9-14(20)25-26-16(13)18(21)29/h2-4,9,22H,5-8,10H2,1H3,(H2,21,29)(H3,20,23,25). The van der Waals surface area contributed by atoms with Gasteiger partial charge < -0.3 is 31.4 Å². The van der Waals surface area contributed by atoms with Gasteiger partial charge in [-0.2, -0.15) is 4.98 Å². The average molecular weight is 425 g/mol. The topological polar surface area (TPSA) is 170 Å². The summed E-state index contributed by atoms with van der Waals surface area (Å²) in [5.41, 5.74) is 12.5. The van der Waals surface area contributed by atoms with E-state index >= 15 is 0 Å². The van der Waals surface area contributed by atoms with Gasteiger partial charge in [-0.3, -0.25) is 9.69 Å². The quantitative estimate of drug-likeness (QED) is 0.412. The molecule has 1 saturated heterocycles. The number of benzene rings is 1. The number of nitrogens with two attached hydrogens (primary N) is 2. The van der Waals surface area contributed by atoms with Crippen LogP contribution in [0.15, 0.2) is 28.8 Å². The van der Waals surface area contributed by atoms with Crippen molar-refractivity contribution < 1.29 is 14.1 Å². The molecular formula is C19H23N9O3. The minimum atomic E-state index is -0.735. The molecule has 0 unspecified atom stereocenters. The van der Waals surface area contributed by atoms with Crippen LogP contribution in [0.4, 0.5) is 17.2 Å². The number of nitrogens with one attached hydrogen (secondary N) is 2. The smallest absolute Gasteiger partial charge is 0.271 e. The number of anilines is 3. The first-order valence-corrected chi connectivity index (χ1v) is 9.68. The number of rotatable bonds is 7. The van der Waals surface area contributed by atoms with Crippen LogP contribution in [0.3, 0.4) is 0 Å².